The van der Waals surface area contributed by atoms with Gasteiger partial charge < -0.3 is 4.90 Å². The third-order valence-electron chi connectivity index (χ3n) is 2.44. The zero-order valence-corrected chi connectivity index (χ0v) is 10.4. The summed E-state index contributed by atoms with van der Waals surface area (Å²) in [5.74, 6) is -0.485. The van der Waals surface area contributed by atoms with Gasteiger partial charge in [-0.2, -0.15) is 0 Å². The topological polar surface area (TPSA) is 92.9 Å². The summed E-state index contributed by atoms with van der Waals surface area (Å²) in [6.45, 7) is 3.14. The van der Waals surface area contributed by atoms with Gasteiger partial charge >= 0.3 is 0 Å². The molecule has 0 rings (SSSR count). The first-order chi connectivity index (χ1) is 7.84. The van der Waals surface area contributed by atoms with Crippen LogP contribution in [0.3, 0.4) is 0 Å². The Morgan fingerprint density at radius 1 is 1.53 bits per heavy atom. The monoisotopic (exact) mass is 243 g/mol. The molecule has 7 heteroatoms. The van der Waals surface area contributed by atoms with Gasteiger partial charge in [0.25, 0.3) is 5.91 Å². The van der Waals surface area contributed by atoms with Crippen LogP contribution in [0.1, 0.15) is 20.3 Å². The molecular weight excluding hydrogens is 226 g/mol. The molecule has 0 aromatic carbocycles. The van der Waals surface area contributed by atoms with Crippen LogP contribution in [0.15, 0.2) is 16.8 Å². The molecule has 17 heavy (non-hydrogen) atoms. The molecule has 0 aromatic rings. The standard InChI is InChI=1S/C10H17N3O4/c1-5-8(7(2)13(16)17)6-9(11-15)10(14)12(3)4/h6-7,9H,5H2,1-4H3. The Bertz CT molecular complexity index is 338. The lowest BCUT2D eigenvalue weighted by Gasteiger charge is -2.14. The van der Waals surface area contributed by atoms with Crippen molar-refractivity contribution in [2.75, 3.05) is 14.1 Å². The van der Waals surface area contributed by atoms with Crippen LogP contribution in [-0.4, -0.2) is 41.9 Å². The van der Waals surface area contributed by atoms with Crippen LogP contribution in [0.4, 0.5) is 0 Å². The first-order valence-corrected chi connectivity index (χ1v) is 5.22. The number of nitroso groups, excluding NO2 is 1. The smallest absolute Gasteiger partial charge is 0.254 e. The van der Waals surface area contributed by atoms with Crippen LogP contribution in [0.25, 0.3) is 0 Å². The second-order valence-electron chi connectivity index (χ2n) is 3.84. The van der Waals surface area contributed by atoms with E-state index in [9.17, 15) is 19.8 Å². The van der Waals surface area contributed by atoms with Gasteiger partial charge in [-0.3, -0.25) is 14.9 Å². The van der Waals surface area contributed by atoms with Gasteiger partial charge in [0.2, 0.25) is 6.04 Å². The van der Waals surface area contributed by atoms with Crippen molar-refractivity contribution in [3.05, 3.63) is 26.7 Å². The lowest BCUT2D eigenvalue weighted by Crippen LogP contribution is -2.32. The van der Waals surface area contributed by atoms with Crippen molar-refractivity contribution < 1.29 is 9.72 Å². The molecule has 0 bridgehead atoms. The highest BCUT2D eigenvalue weighted by Gasteiger charge is 2.24. The van der Waals surface area contributed by atoms with Gasteiger partial charge in [-0.1, -0.05) is 12.1 Å². The van der Waals surface area contributed by atoms with Crippen LogP contribution in [0, 0.1) is 15.0 Å². The minimum absolute atomic E-state index is 0.398. The average molecular weight is 243 g/mol. The summed E-state index contributed by atoms with van der Waals surface area (Å²) in [6, 6.07) is -2.11. The minimum Gasteiger partial charge on any atom is -0.347 e. The van der Waals surface area contributed by atoms with Gasteiger partial charge in [0, 0.05) is 31.5 Å². The summed E-state index contributed by atoms with van der Waals surface area (Å²) in [5, 5.41) is 13.3. The van der Waals surface area contributed by atoms with E-state index < -0.39 is 22.9 Å². The number of carbonyl (C=O) groups excluding carboxylic acids is 1. The average Bonchev–Trinajstić information content (AvgIpc) is 2.28. The van der Waals surface area contributed by atoms with Gasteiger partial charge in [0.05, 0.1) is 0 Å². The molecule has 0 fully saturated rings. The van der Waals surface area contributed by atoms with E-state index in [2.05, 4.69) is 5.18 Å². The van der Waals surface area contributed by atoms with Crippen molar-refractivity contribution in [3.63, 3.8) is 0 Å². The van der Waals surface area contributed by atoms with E-state index >= 15 is 0 Å². The Morgan fingerprint density at radius 3 is 2.35 bits per heavy atom. The molecule has 0 saturated carbocycles. The van der Waals surface area contributed by atoms with Gasteiger partial charge in [0.1, 0.15) is 0 Å². The summed E-state index contributed by atoms with van der Waals surface area (Å²) >= 11 is 0. The Labute approximate surface area is 99.6 Å². The van der Waals surface area contributed by atoms with E-state index in [1.54, 1.807) is 6.92 Å². The number of hydrogen-bond donors (Lipinski definition) is 0. The third kappa shape index (κ3) is 4.29. The van der Waals surface area contributed by atoms with Crippen molar-refractivity contribution in [3.8, 4) is 0 Å². The Balaban J connectivity index is 5.09. The highest BCUT2D eigenvalue weighted by molar-refractivity contribution is 5.83. The van der Waals surface area contributed by atoms with Crippen molar-refractivity contribution in [1.82, 2.24) is 4.90 Å². The zero-order chi connectivity index (χ0) is 13.6. The summed E-state index contributed by atoms with van der Waals surface area (Å²) in [5.41, 5.74) is 0.426. The first-order valence-electron chi connectivity index (χ1n) is 5.22. The van der Waals surface area contributed by atoms with E-state index in [0.29, 0.717) is 12.0 Å². The number of nitro groups is 1. The van der Waals surface area contributed by atoms with E-state index in [1.165, 1.54) is 32.0 Å². The molecule has 0 radical (unpaired) electrons. The molecule has 0 aliphatic carbocycles. The molecule has 7 nitrogen and oxygen atoms in total. The number of amides is 1. The molecule has 1 amide bonds. The third-order valence-corrected chi connectivity index (χ3v) is 2.44. The van der Waals surface area contributed by atoms with Gasteiger partial charge in [-0.15, -0.1) is 4.91 Å². The van der Waals surface area contributed by atoms with E-state index in [1.807, 2.05) is 0 Å². The van der Waals surface area contributed by atoms with Crippen molar-refractivity contribution in [2.45, 2.75) is 32.4 Å². The second kappa shape index (κ2) is 6.72. The normalized spacial score (nSPS) is 14.9. The van der Waals surface area contributed by atoms with Gasteiger partial charge in [-0.25, -0.2) is 0 Å². The molecule has 0 saturated heterocycles. The van der Waals surface area contributed by atoms with Gasteiger partial charge in [0.15, 0.2) is 6.04 Å². The maximum absolute atomic E-state index is 11.5. The lowest BCUT2D eigenvalue weighted by molar-refractivity contribution is -0.508. The Morgan fingerprint density at radius 2 is 2.06 bits per heavy atom. The van der Waals surface area contributed by atoms with Gasteiger partial charge in [-0.05, 0) is 12.5 Å². The molecule has 0 aliphatic heterocycles. The maximum Gasteiger partial charge on any atom is 0.254 e. The molecule has 0 aliphatic rings. The first kappa shape index (κ1) is 15.2. The molecule has 0 N–H and O–H groups in total. The summed E-state index contributed by atoms with van der Waals surface area (Å²) < 4.78 is 0. The summed E-state index contributed by atoms with van der Waals surface area (Å²) in [6.07, 6.45) is 1.68. The fourth-order valence-electron chi connectivity index (χ4n) is 1.30. The van der Waals surface area contributed by atoms with E-state index in [-0.39, 0.29) is 0 Å². The SMILES string of the molecule is CCC(=CC(N=O)C(=O)N(C)C)C(C)[N+](=O)[O-]. The van der Waals surface area contributed by atoms with Crippen molar-refractivity contribution in [1.29, 1.82) is 0 Å². The second-order valence-corrected chi connectivity index (χ2v) is 3.84. The molecule has 0 heterocycles. The number of nitrogens with zero attached hydrogens (tertiary/aromatic N) is 3. The summed E-state index contributed by atoms with van der Waals surface area (Å²) in [4.78, 5) is 33.5. The van der Waals surface area contributed by atoms with E-state index in [0.717, 1.165) is 0 Å². The molecule has 0 aromatic heterocycles. The molecule has 0 spiro atoms. The summed E-state index contributed by atoms with van der Waals surface area (Å²) in [7, 11) is 2.99. The lowest BCUT2D eigenvalue weighted by atomic mass is 10.0. The fraction of sp³-hybridized carbons (Fsp3) is 0.700. The van der Waals surface area contributed by atoms with Crippen molar-refractivity contribution >= 4 is 5.91 Å². The number of carbonyl (C=O) groups is 1. The Hall–Kier alpha value is -1.79. The molecular formula is C10H17N3O4. The number of hydrogen-bond acceptors (Lipinski definition) is 5. The number of rotatable bonds is 6. The largest absolute Gasteiger partial charge is 0.347 e. The predicted molar refractivity (Wildman–Crippen MR) is 63.1 cm³/mol. The molecule has 2 atom stereocenters. The van der Waals surface area contributed by atoms with Crippen LogP contribution in [-0.2, 0) is 4.79 Å². The highest BCUT2D eigenvalue weighted by atomic mass is 16.6. The zero-order valence-electron chi connectivity index (χ0n) is 10.4. The number of likely N-dealkylation sites (N-methyl/N-ethyl adjacent to an activating group) is 1. The highest BCUT2D eigenvalue weighted by Crippen LogP contribution is 2.13. The minimum atomic E-state index is -1.19. The molecule has 2 unspecified atom stereocenters. The van der Waals surface area contributed by atoms with Crippen LogP contribution >= 0.6 is 0 Å². The van der Waals surface area contributed by atoms with Crippen LogP contribution in [0.2, 0.25) is 0 Å². The Kier molecular flexibility index (Phi) is 6.01. The predicted octanol–water partition coefficient (Wildman–Crippen LogP) is 1.21. The fourth-order valence-corrected chi connectivity index (χ4v) is 1.30. The van der Waals surface area contributed by atoms with E-state index in [4.69, 9.17) is 0 Å². The quantitative estimate of drug-likeness (QED) is 0.303. The van der Waals surface area contributed by atoms with Crippen molar-refractivity contribution in [2.24, 2.45) is 5.18 Å². The van der Waals surface area contributed by atoms with Crippen LogP contribution in [0.5, 0.6) is 0 Å². The van der Waals surface area contributed by atoms with Crippen LogP contribution < -0.4 is 0 Å². The maximum atomic E-state index is 11.5. The molecule has 96 valence electrons.